The highest BCUT2D eigenvalue weighted by Crippen LogP contribution is 2.45. The van der Waals surface area contributed by atoms with Crippen LogP contribution in [0.5, 0.6) is 0 Å². The third kappa shape index (κ3) is 3.02. The Morgan fingerprint density at radius 3 is 2.42 bits per heavy atom. The van der Waals surface area contributed by atoms with Gasteiger partial charge in [-0.25, -0.2) is 0 Å². The van der Waals surface area contributed by atoms with Crippen LogP contribution in [0.15, 0.2) is 24.3 Å². The molecule has 19 heavy (non-hydrogen) atoms. The van der Waals surface area contributed by atoms with Crippen molar-refractivity contribution in [1.29, 1.82) is 0 Å². The zero-order valence-corrected chi connectivity index (χ0v) is 13.0. The Hall–Kier alpha value is -0.820. The largest absolute Gasteiger partial charge is 0.321 e. The van der Waals surface area contributed by atoms with Crippen LogP contribution in [0.2, 0.25) is 0 Å². The highest BCUT2D eigenvalue weighted by atomic mass is 14.7. The molecule has 1 aromatic carbocycles. The van der Waals surface area contributed by atoms with Gasteiger partial charge in [-0.3, -0.25) is 0 Å². The molecule has 1 aliphatic rings. The number of aryl methyl sites for hydroxylation is 1. The van der Waals surface area contributed by atoms with E-state index in [9.17, 15) is 0 Å². The highest BCUT2D eigenvalue weighted by Gasteiger charge is 2.38. The first kappa shape index (κ1) is 14.6. The minimum absolute atomic E-state index is 0.0909. The molecule has 1 aliphatic carbocycles. The molecule has 0 saturated heterocycles. The summed E-state index contributed by atoms with van der Waals surface area (Å²) >= 11 is 0. The lowest BCUT2D eigenvalue weighted by Gasteiger charge is -2.43. The first-order valence-corrected chi connectivity index (χ1v) is 7.73. The summed E-state index contributed by atoms with van der Waals surface area (Å²) in [5, 5.41) is 0. The minimum atomic E-state index is -0.0909. The van der Waals surface area contributed by atoms with Crippen molar-refractivity contribution in [1.82, 2.24) is 0 Å². The lowest BCUT2D eigenvalue weighted by molar-refractivity contribution is 0.115. The van der Waals surface area contributed by atoms with Crippen LogP contribution in [0.4, 0.5) is 0 Å². The molecule has 0 heterocycles. The van der Waals surface area contributed by atoms with Crippen LogP contribution in [0.1, 0.15) is 64.0 Å². The van der Waals surface area contributed by atoms with Gasteiger partial charge < -0.3 is 5.73 Å². The molecule has 1 fully saturated rings. The maximum Gasteiger partial charge on any atom is 0.0409 e. The van der Waals surface area contributed by atoms with Crippen molar-refractivity contribution in [2.45, 2.75) is 65.3 Å². The predicted octanol–water partition coefficient (Wildman–Crippen LogP) is 4.78. The number of hydrogen-bond donors (Lipinski definition) is 1. The highest BCUT2D eigenvalue weighted by molar-refractivity contribution is 5.29. The van der Waals surface area contributed by atoms with Crippen molar-refractivity contribution >= 4 is 0 Å². The maximum atomic E-state index is 6.70. The van der Waals surface area contributed by atoms with Crippen molar-refractivity contribution < 1.29 is 0 Å². The van der Waals surface area contributed by atoms with Gasteiger partial charge in [-0.15, -0.1) is 0 Å². The van der Waals surface area contributed by atoms with Crippen LogP contribution >= 0.6 is 0 Å². The second-order valence-electron chi connectivity index (χ2n) is 7.14. The van der Waals surface area contributed by atoms with E-state index in [1.54, 1.807) is 0 Å². The van der Waals surface area contributed by atoms with E-state index in [0.717, 1.165) is 18.8 Å². The zero-order chi connectivity index (χ0) is 14.1. The van der Waals surface area contributed by atoms with Crippen LogP contribution < -0.4 is 5.73 Å². The van der Waals surface area contributed by atoms with E-state index in [-0.39, 0.29) is 5.54 Å². The summed E-state index contributed by atoms with van der Waals surface area (Å²) in [6, 6.07) is 8.77. The Kier molecular flexibility index (Phi) is 4.06. The van der Waals surface area contributed by atoms with Crippen LogP contribution in [-0.2, 0) is 5.54 Å². The average molecular weight is 259 g/mol. The standard InChI is InChI=1S/C18H29N/c1-5-17(3,4)15-9-11-18(19,12-10-15)16-8-6-7-14(2)13-16/h6-8,13,15H,5,9-12,19H2,1-4H3. The first-order valence-electron chi connectivity index (χ1n) is 7.73. The summed E-state index contributed by atoms with van der Waals surface area (Å²) in [6.45, 7) is 9.28. The van der Waals surface area contributed by atoms with E-state index in [4.69, 9.17) is 5.73 Å². The zero-order valence-electron chi connectivity index (χ0n) is 13.0. The number of hydrogen-bond acceptors (Lipinski definition) is 1. The Morgan fingerprint density at radius 2 is 1.89 bits per heavy atom. The van der Waals surface area contributed by atoms with Gasteiger partial charge in [-0.2, -0.15) is 0 Å². The Labute approximate surface area is 118 Å². The molecule has 0 unspecified atom stereocenters. The summed E-state index contributed by atoms with van der Waals surface area (Å²) in [7, 11) is 0. The fraction of sp³-hybridized carbons (Fsp3) is 0.667. The molecule has 106 valence electrons. The molecule has 0 amide bonds. The molecule has 0 aromatic heterocycles. The van der Waals surface area contributed by atoms with Crippen molar-refractivity contribution in [2.24, 2.45) is 17.1 Å². The molecule has 1 saturated carbocycles. The van der Waals surface area contributed by atoms with E-state index in [1.807, 2.05) is 0 Å². The smallest absolute Gasteiger partial charge is 0.0409 e. The molecular weight excluding hydrogens is 230 g/mol. The molecule has 0 spiro atoms. The van der Waals surface area contributed by atoms with E-state index in [1.165, 1.54) is 30.4 Å². The lowest BCUT2D eigenvalue weighted by atomic mass is 9.64. The monoisotopic (exact) mass is 259 g/mol. The predicted molar refractivity (Wildman–Crippen MR) is 83.1 cm³/mol. The van der Waals surface area contributed by atoms with Gasteiger partial charge in [-0.05, 0) is 49.5 Å². The average Bonchev–Trinajstić information content (AvgIpc) is 2.39. The van der Waals surface area contributed by atoms with E-state index in [2.05, 4.69) is 52.0 Å². The number of rotatable bonds is 3. The van der Waals surface area contributed by atoms with Gasteiger partial charge in [0.1, 0.15) is 0 Å². The third-order valence-corrected chi connectivity index (χ3v) is 5.49. The van der Waals surface area contributed by atoms with Gasteiger partial charge in [0.05, 0.1) is 0 Å². The molecule has 1 nitrogen and oxygen atoms in total. The molecule has 1 aromatic rings. The van der Waals surface area contributed by atoms with Gasteiger partial charge in [0, 0.05) is 5.54 Å². The minimum Gasteiger partial charge on any atom is -0.321 e. The number of benzene rings is 1. The van der Waals surface area contributed by atoms with E-state index in [0.29, 0.717) is 5.41 Å². The van der Waals surface area contributed by atoms with Gasteiger partial charge in [-0.1, -0.05) is 57.0 Å². The van der Waals surface area contributed by atoms with Crippen LogP contribution in [0, 0.1) is 18.3 Å². The lowest BCUT2D eigenvalue weighted by Crippen LogP contribution is -2.42. The topological polar surface area (TPSA) is 26.0 Å². The SMILES string of the molecule is CCC(C)(C)C1CCC(N)(c2cccc(C)c2)CC1. The molecule has 0 atom stereocenters. The molecule has 0 aliphatic heterocycles. The maximum absolute atomic E-state index is 6.70. The van der Waals surface area contributed by atoms with Crippen molar-refractivity contribution in [2.75, 3.05) is 0 Å². The van der Waals surface area contributed by atoms with Crippen LogP contribution in [0.3, 0.4) is 0 Å². The van der Waals surface area contributed by atoms with Crippen molar-refractivity contribution in [3.05, 3.63) is 35.4 Å². The van der Waals surface area contributed by atoms with Gasteiger partial charge >= 0.3 is 0 Å². The first-order chi connectivity index (χ1) is 8.87. The summed E-state index contributed by atoms with van der Waals surface area (Å²) in [4.78, 5) is 0. The Balaban J connectivity index is 2.10. The normalized spacial score (nSPS) is 28.4. The Morgan fingerprint density at radius 1 is 1.26 bits per heavy atom. The molecule has 0 bridgehead atoms. The van der Waals surface area contributed by atoms with Crippen LogP contribution in [-0.4, -0.2) is 0 Å². The molecule has 2 rings (SSSR count). The Bertz CT molecular complexity index is 425. The fourth-order valence-corrected chi connectivity index (χ4v) is 3.45. The summed E-state index contributed by atoms with van der Waals surface area (Å²) in [6.07, 6.45) is 6.06. The quantitative estimate of drug-likeness (QED) is 0.831. The van der Waals surface area contributed by atoms with Gasteiger partial charge in [0.2, 0.25) is 0 Å². The summed E-state index contributed by atoms with van der Waals surface area (Å²) in [5.41, 5.74) is 9.72. The second-order valence-corrected chi connectivity index (χ2v) is 7.14. The van der Waals surface area contributed by atoms with E-state index < -0.39 is 0 Å². The molecule has 1 heteroatoms. The van der Waals surface area contributed by atoms with Crippen molar-refractivity contribution in [3.63, 3.8) is 0 Å². The summed E-state index contributed by atoms with van der Waals surface area (Å²) in [5.74, 6) is 0.832. The fourth-order valence-electron chi connectivity index (χ4n) is 3.45. The molecular formula is C18H29N. The van der Waals surface area contributed by atoms with Crippen molar-refractivity contribution in [3.8, 4) is 0 Å². The second kappa shape index (κ2) is 5.28. The molecule has 2 N–H and O–H groups in total. The third-order valence-electron chi connectivity index (χ3n) is 5.49. The van der Waals surface area contributed by atoms with E-state index >= 15 is 0 Å². The van der Waals surface area contributed by atoms with Crippen LogP contribution in [0.25, 0.3) is 0 Å². The summed E-state index contributed by atoms with van der Waals surface area (Å²) < 4.78 is 0. The molecule has 0 radical (unpaired) electrons. The number of nitrogens with two attached hydrogens (primary N) is 1. The van der Waals surface area contributed by atoms with Gasteiger partial charge in [0.15, 0.2) is 0 Å². The van der Waals surface area contributed by atoms with Gasteiger partial charge in [0.25, 0.3) is 0 Å².